The van der Waals surface area contributed by atoms with Crippen LogP contribution in [0.5, 0.6) is 0 Å². The second kappa shape index (κ2) is 5.28. The van der Waals surface area contributed by atoms with Gasteiger partial charge < -0.3 is 11.1 Å². The van der Waals surface area contributed by atoms with Gasteiger partial charge in [-0.25, -0.2) is 0 Å². The third-order valence-corrected chi connectivity index (χ3v) is 3.48. The highest BCUT2D eigenvalue weighted by molar-refractivity contribution is 5.27. The first-order chi connectivity index (χ1) is 8.50. The maximum Gasteiger partial charge on any atom is 0.416 e. The third kappa shape index (κ3) is 3.03. The van der Waals surface area contributed by atoms with Crippen LogP contribution in [0.1, 0.15) is 23.5 Å². The maximum absolute atomic E-state index is 12.4. The topological polar surface area (TPSA) is 38.0 Å². The molecule has 0 aromatic heterocycles. The largest absolute Gasteiger partial charge is 0.416 e. The van der Waals surface area contributed by atoms with E-state index in [1.807, 2.05) is 0 Å². The van der Waals surface area contributed by atoms with Gasteiger partial charge in [0.1, 0.15) is 0 Å². The number of hydrogen-bond acceptors (Lipinski definition) is 2. The van der Waals surface area contributed by atoms with Gasteiger partial charge in [0.2, 0.25) is 0 Å². The monoisotopic (exact) mass is 258 g/mol. The molecule has 1 aliphatic heterocycles. The van der Waals surface area contributed by atoms with Crippen LogP contribution >= 0.6 is 0 Å². The van der Waals surface area contributed by atoms with Crippen LogP contribution in [0.3, 0.4) is 0 Å². The summed E-state index contributed by atoms with van der Waals surface area (Å²) in [6.45, 7) is 2.32. The van der Waals surface area contributed by atoms with Gasteiger partial charge in [-0.1, -0.05) is 12.1 Å². The summed E-state index contributed by atoms with van der Waals surface area (Å²) in [6.07, 6.45) is -3.32. The molecule has 1 aromatic carbocycles. The number of nitrogens with two attached hydrogens (primary N) is 1. The van der Waals surface area contributed by atoms with E-state index in [0.717, 1.165) is 37.2 Å². The second-order valence-corrected chi connectivity index (χ2v) is 4.81. The molecule has 0 saturated carbocycles. The Kier molecular flexibility index (Phi) is 3.92. The molecule has 2 unspecified atom stereocenters. The van der Waals surface area contributed by atoms with Crippen LogP contribution in [0.2, 0.25) is 0 Å². The number of rotatable bonds is 2. The minimum atomic E-state index is -4.26. The summed E-state index contributed by atoms with van der Waals surface area (Å²) >= 11 is 0. The Labute approximate surface area is 104 Å². The predicted octanol–water partition coefficient (Wildman–Crippen LogP) is 2.36. The Morgan fingerprint density at radius 3 is 2.39 bits per heavy atom. The molecule has 0 spiro atoms. The molecule has 0 aliphatic carbocycles. The quantitative estimate of drug-likeness (QED) is 0.854. The first-order valence-corrected chi connectivity index (χ1v) is 6.08. The summed E-state index contributed by atoms with van der Waals surface area (Å²) < 4.78 is 37.3. The van der Waals surface area contributed by atoms with Crippen molar-refractivity contribution in [1.82, 2.24) is 5.32 Å². The van der Waals surface area contributed by atoms with Gasteiger partial charge >= 0.3 is 6.18 Å². The zero-order valence-corrected chi connectivity index (χ0v) is 10.0. The second-order valence-electron chi connectivity index (χ2n) is 4.81. The van der Waals surface area contributed by atoms with Crippen molar-refractivity contribution in [3.05, 3.63) is 35.4 Å². The van der Waals surface area contributed by atoms with Crippen LogP contribution in [-0.4, -0.2) is 19.6 Å². The Morgan fingerprint density at radius 1 is 1.17 bits per heavy atom. The molecular weight excluding hydrogens is 241 g/mol. The Balaban J connectivity index is 2.09. The normalized spacial score (nSPS) is 25.1. The van der Waals surface area contributed by atoms with Gasteiger partial charge in [-0.3, -0.25) is 0 Å². The maximum atomic E-state index is 12.4. The van der Waals surface area contributed by atoms with Crippen LogP contribution in [0, 0.1) is 5.92 Å². The molecule has 2 atom stereocenters. The van der Waals surface area contributed by atoms with E-state index < -0.39 is 11.7 Å². The summed E-state index contributed by atoms with van der Waals surface area (Å²) in [5.74, 6) is 0.667. The van der Waals surface area contributed by atoms with Crippen molar-refractivity contribution < 1.29 is 13.2 Å². The van der Waals surface area contributed by atoms with Gasteiger partial charge in [0.25, 0.3) is 0 Å². The van der Waals surface area contributed by atoms with Gasteiger partial charge in [-0.15, -0.1) is 0 Å². The van der Waals surface area contributed by atoms with Crippen LogP contribution in [0.4, 0.5) is 13.2 Å². The van der Waals surface area contributed by atoms with Crippen LogP contribution in [0.25, 0.3) is 0 Å². The van der Waals surface area contributed by atoms with Crippen LogP contribution < -0.4 is 11.1 Å². The summed E-state index contributed by atoms with van der Waals surface area (Å²) in [6, 6.07) is 5.46. The van der Waals surface area contributed by atoms with E-state index in [2.05, 4.69) is 5.32 Å². The number of nitrogens with one attached hydrogen (secondary N) is 1. The fourth-order valence-electron chi connectivity index (χ4n) is 2.41. The highest BCUT2D eigenvalue weighted by Gasteiger charge is 2.30. The molecule has 2 rings (SSSR count). The minimum Gasteiger partial charge on any atom is -0.330 e. The molecule has 2 nitrogen and oxygen atoms in total. The SMILES string of the molecule is NCC1CNCC(c2ccc(C(F)(F)F)cc2)C1. The summed E-state index contributed by atoms with van der Waals surface area (Å²) in [4.78, 5) is 0. The summed E-state index contributed by atoms with van der Waals surface area (Å²) in [5.41, 5.74) is 6.00. The molecule has 5 heteroatoms. The average molecular weight is 258 g/mol. The van der Waals surface area contributed by atoms with Gasteiger partial charge in [0, 0.05) is 6.54 Å². The van der Waals surface area contributed by atoms with E-state index in [4.69, 9.17) is 5.73 Å². The van der Waals surface area contributed by atoms with Crippen molar-refractivity contribution in [2.75, 3.05) is 19.6 Å². The number of alkyl halides is 3. The summed E-state index contributed by atoms with van der Waals surface area (Å²) in [5, 5.41) is 3.28. The predicted molar refractivity (Wildman–Crippen MR) is 64.2 cm³/mol. The smallest absolute Gasteiger partial charge is 0.330 e. The number of halogens is 3. The van der Waals surface area contributed by atoms with E-state index in [1.54, 1.807) is 12.1 Å². The third-order valence-electron chi connectivity index (χ3n) is 3.48. The molecule has 3 N–H and O–H groups in total. The molecule has 0 radical (unpaired) electrons. The molecule has 18 heavy (non-hydrogen) atoms. The van der Waals surface area contributed by atoms with Gasteiger partial charge in [0.05, 0.1) is 5.56 Å². The molecule has 100 valence electrons. The van der Waals surface area contributed by atoms with Crippen molar-refractivity contribution >= 4 is 0 Å². The van der Waals surface area contributed by atoms with Crippen molar-refractivity contribution in [3.8, 4) is 0 Å². The fourth-order valence-corrected chi connectivity index (χ4v) is 2.41. The van der Waals surface area contributed by atoms with Crippen molar-refractivity contribution in [2.24, 2.45) is 11.7 Å². The number of piperidine rings is 1. The molecule has 1 aromatic rings. The standard InChI is InChI=1S/C13H17F3N2/c14-13(15,16)12-3-1-10(2-4-12)11-5-9(6-17)7-18-8-11/h1-4,9,11,18H,5-8,17H2. The first kappa shape index (κ1) is 13.4. The van der Waals surface area contributed by atoms with Crippen molar-refractivity contribution in [1.29, 1.82) is 0 Å². The van der Waals surface area contributed by atoms with E-state index in [9.17, 15) is 13.2 Å². The fraction of sp³-hybridized carbons (Fsp3) is 0.538. The molecule has 1 aliphatic rings. The van der Waals surface area contributed by atoms with Crippen molar-refractivity contribution in [3.63, 3.8) is 0 Å². The number of benzene rings is 1. The van der Waals surface area contributed by atoms with Gasteiger partial charge in [0.15, 0.2) is 0 Å². The van der Waals surface area contributed by atoms with Crippen molar-refractivity contribution in [2.45, 2.75) is 18.5 Å². The Bertz CT molecular complexity index is 386. The Hall–Kier alpha value is -1.07. The first-order valence-electron chi connectivity index (χ1n) is 6.08. The van der Waals surface area contributed by atoms with Crippen LogP contribution in [0.15, 0.2) is 24.3 Å². The lowest BCUT2D eigenvalue weighted by Crippen LogP contribution is -2.38. The van der Waals surface area contributed by atoms with E-state index >= 15 is 0 Å². The van der Waals surface area contributed by atoms with Crippen LogP contribution in [-0.2, 0) is 6.18 Å². The lowest BCUT2D eigenvalue weighted by atomic mass is 9.85. The van der Waals surface area contributed by atoms with E-state index in [0.29, 0.717) is 12.5 Å². The lowest BCUT2D eigenvalue weighted by Gasteiger charge is -2.29. The molecule has 1 fully saturated rings. The molecule has 0 amide bonds. The Morgan fingerprint density at radius 2 is 1.83 bits per heavy atom. The zero-order valence-electron chi connectivity index (χ0n) is 10.0. The molecular formula is C13H17F3N2. The summed E-state index contributed by atoms with van der Waals surface area (Å²) in [7, 11) is 0. The van der Waals surface area contributed by atoms with E-state index in [-0.39, 0.29) is 5.92 Å². The molecule has 1 saturated heterocycles. The highest BCUT2D eigenvalue weighted by atomic mass is 19.4. The molecule has 0 bridgehead atoms. The van der Waals surface area contributed by atoms with Gasteiger partial charge in [-0.05, 0) is 49.0 Å². The van der Waals surface area contributed by atoms with E-state index in [1.165, 1.54) is 0 Å². The average Bonchev–Trinajstić information content (AvgIpc) is 2.38. The lowest BCUT2D eigenvalue weighted by molar-refractivity contribution is -0.137. The number of hydrogen-bond donors (Lipinski definition) is 2. The zero-order chi connectivity index (χ0) is 13.2. The minimum absolute atomic E-state index is 0.259. The highest BCUT2D eigenvalue weighted by Crippen LogP contribution is 2.32. The molecule has 1 heterocycles. The van der Waals surface area contributed by atoms with Gasteiger partial charge in [-0.2, -0.15) is 13.2 Å².